The highest BCUT2D eigenvalue weighted by Crippen LogP contribution is 2.25. The standard InChI is InChI=1S/C23H22FN3O2/c1-2-19-13-22(29)27(23(26-19)17-7-4-8-18(24)11-17)14-21(28)25-20-10-9-15-5-3-6-16(15)12-20/h4,7-13H,2-3,5-6,14H2,1H3,(H,25,28). The van der Waals surface area contributed by atoms with Crippen molar-refractivity contribution >= 4 is 11.6 Å². The number of nitrogens with one attached hydrogen (secondary N) is 1. The summed E-state index contributed by atoms with van der Waals surface area (Å²) < 4.78 is 15.0. The van der Waals surface area contributed by atoms with Gasteiger partial charge in [0.05, 0.1) is 0 Å². The Kier molecular flexibility index (Phi) is 5.25. The third-order valence-electron chi connectivity index (χ3n) is 5.19. The monoisotopic (exact) mass is 391 g/mol. The maximum Gasteiger partial charge on any atom is 0.254 e. The van der Waals surface area contributed by atoms with E-state index in [0.717, 1.165) is 19.3 Å². The normalized spacial score (nSPS) is 12.6. The van der Waals surface area contributed by atoms with Crippen LogP contribution in [-0.2, 0) is 30.6 Å². The number of anilines is 1. The van der Waals surface area contributed by atoms with E-state index in [4.69, 9.17) is 0 Å². The molecule has 0 bridgehead atoms. The molecule has 5 nitrogen and oxygen atoms in total. The summed E-state index contributed by atoms with van der Waals surface area (Å²) in [6.45, 7) is 1.70. The minimum Gasteiger partial charge on any atom is -0.325 e. The van der Waals surface area contributed by atoms with E-state index in [9.17, 15) is 14.0 Å². The summed E-state index contributed by atoms with van der Waals surface area (Å²) in [5.41, 5.74) is 4.03. The average Bonchev–Trinajstić information content (AvgIpc) is 3.17. The second-order valence-corrected chi connectivity index (χ2v) is 7.24. The van der Waals surface area contributed by atoms with Crippen LogP contribution in [0.25, 0.3) is 11.4 Å². The van der Waals surface area contributed by atoms with Gasteiger partial charge in [-0.2, -0.15) is 0 Å². The Hall–Kier alpha value is -3.28. The van der Waals surface area contributed by atoms with E-state index in [1.807, 2.05) is 25.1 Å². The molecule has 29 heavy (non-hydrogen) atoms. The van der Waals surface area contributed by atoms with Crippen molar-refractivity contribution in [2.45, 2.75) is 39.2 Å². The van der Waals surface area contributed by atoms with Crippen molar-refractivity contribution in [3.8, 4) is 11.4 Å². The first kappa shape index (κ1) is 19.1. The highest BCUT2D eigenvalue weighted by molar-refractivity contribution is 5.91. The molecule has 0 radical (unpaired) electrons. The second kappa shape index (κ2) is 7.99. The molecule has 3 aromatic rings. The molecular weight excluding hydrogens is 369 g/mol. The fourth-order valence-electron chi connectivity index (χ4n) is 3.73. The van der Waals surface area contributed by atoms with E-state index in [0.29, 0.717) is 23.4 Å². The quantitative estimate of drug-likeness (QED) is 0.721. The van der Waals surface area contributed by atoms with Gasteiger partial charge >= 0.3 is 0 Å². The Morgan fingerprint density at radius 3 is 2.76 bits per heavy atom. The van der Waals surface area contributed by atoms with Gasteiger partial charge < -0.3 is 5.32 Å². The van der Waals surface area contributed by atoms with Gasteiger partial charge in [-0.25, -0.2) is 9.37 Å². The third kappa shape index (κ3) is 4.11. The molecule has 0 aliphatic heterocycles. The molecule has 1 aliphatic rings. The summed E-state index contributed by atoms with van der Waals surface area (Å²) in [7, 11) is 0. The van der Waals surface area contributed by atoms with E-state index in [1.165, 1.54) is 33.9 Å². The summed E-state index contributed by atoms with van der Waals surface area (Å²) in [6.07, 6.45) is 3.80. The number of carbonyl (C=O) groups is 1. The predicted octanol–water partition coefficient (Wildman–Crippen LogP) is 3.74. The Bertz CT molecular complexity index is 1140. The molecule has 6 heteroatoms. The molecule has 0 atom stereocenters. The summed E-state index contributed by atoms with van der Waals surface area (Å²) in [5.74, 6) is -0.459. The number of hydrogen-bond donors (Lipinski definition) is 1. The predicted molar refractivity (Wildman–Crippen MR) is 110 cm³/mol. The minimum atomic E-state index is -0.423. The molecule has 1 aromatic heterocycles. The summed E-state index contributed by atoms with van der Waals surface area (Å²) in [5, 5.41) is 2.87. The molecule has 1 heterocycles. The number of nitrogens with zero attached hydrogens (tertiary/aromatic N) is 2. The molecule has 0 saturated heterocycles. The van der Waals surface area contributed by atoms with E-state index in [1.54, 1.807) is 12.1 Å². The lowest BCUT2D eigenvalue weighted by Crippen LogP contribution is -2.30. The molecular formula is C23H22FN3O2. The molecule has 1 aliphatic carbocycles. The van der Waals surface area contributed by atoms with Gasteiger partial charge in [-0.3, -0.25) is 14.2 Å². The molecule has 4 rings (SSSR count). The molecule has 2 aromatic carbocycles. The van der Waals surface area contributed by atoms with E-state index < -0.39 is 5.82 Å². The number of rotatable bonds is 5. The number of carbonyl (C=O) groups excluding carboxylic acids is 1. The van der Waals surface area contributed by atoms with Crippen LogP contribution in [0, 0.1) is 5.82 Å². The van der Waals surface area contributed by atoms with Crippen molar-refractivity contribution in [2.24, 2.45) is 0 Å². The summed E-state index contributed by atoms with van der Waals surface area (Å²) in [6, 6.07) is 13.2. The lowest BCUT2D eigenvalue weighted by Gasteiger charge is -2.14. The highest BCUT2D eigenvalue weighted by Gasteiger charge is 2.16. The minimum absolute atomic E-state index is 0.196. The van der Waals surface area contributed by atoms with Crippen LogP contribution in [0.2, 0.25) is 0 Å². The molecule has 1 amide bonds. The molecule has 0 unspecified atom stereocenters. The van der Waals surface area contributed by atoms with Crippen LogP contribution in [-0.4, -0.2) is 15.5 Å². The fraction of sp³-hybridized carbons (Fsp3) is 0.261. The Morgan fingerprint density at radius 2 is 1.97 bits per heavy atom. The van der Waals surface area contributed by atoms with Crippen molar-refractivity contribution in [3.05, 3.63) is 81.5 Å². The largest absolute Gasteiger partial charge is 0.325 e. The third-order valence-corrected chi connectivity index (χ3v) is 5.19. The lowest BCUT2D eigenvalue weighted by molar-refractivity contribution is -0.116. The number of fused-ring (bicyclic) bond motifs is 1. The maximum atomic E-state index is 13.7. The van der Waals surface area contributed by atoms with Gasteiger partial charge in [0, 0.05) is 23.0 Å². The maximum absolute atomic E-state index is 13.7. The van der Waals surface area contributed by atoms with Crippen LogP contribution in [0.15, 0.2) is 53.3 Å². The Morgan fingerprint density at radius 1 is 1.14 bits per heavy atom. The van der Waals surface area contributed by atoms with Gasteiger partial charge in [0.2, 0.25) is 5.91 Å². The van der Waals surface area contributed by atoms with Gasteiger partial charge in [-0.1, -0.05) is 25.1 Å². The van der Waals surface area contributed by atoms with Crippen LogP contribution in [0.1, 0.15) is 30.2 Å². The molecule has 148 valence electrons. The number of benzene rings is 2. The van der Waals surface area contributed by atoms with Gasteiger partial charge in [-0.05, 0) is 61.1 Å². The van der Waals surface area contributed by atoms with Crippen LogP contribution in [0.5, 0.6) is 0 Å². The zero-order chi connectivity index (χ0) is 20.4. The topological polar surface area (TPSA) is 64.0 Å². The smallest absolute Gasteiger partial charge is 0.254 e. The van der Waals surface area contributed by atoms with Crippen molar-refractivity contribution < 1.29 is 9.18 Å². The van der Waals surface area contributed by atoms with Gasteiger partial charge in [0.15, 0.2) is 0 Å². The van der Waals surface area contributed by atoms with Crippen LogP contribution in [0.4, 0.5) is 10.1 Å². The second-order valence-electron chi connectivity index (χ2n) is 7.24. The van der Waals surface area contributed by atoms with E-state index in [2.05, 4.69) is 10.3 Å². The molecule has 0 saturated carbocycles. The summed E-state index contributed by atoms with van der Waals surface area (Å²) >= 11 is 0. The van der Waals surface area contributed by atoms with Crippen molar-refractivity contribution in [1.29, 1.82) is 0 Å². The number of amides is 1. The zero-order valence-corrected chi connectivity index (χ0v) is 16.2. The van der Waals surface area contributed by atoms with Crippen LogP contribution >= 0.6 is 0 Å². The fourth-order valence-corrected chi connectivity index (χ4v) is 3.73. The first-order valence-electron chi connectivity index (χ1n) is 9.82. The zero-order valence-electron chi connectivity index (χ0n) is 16.2. The van der Waals surface area contributed by atoms with Crippen molar-refractivity contribution in [1.82, 2.24) is 9.55 Å². The number of aromatic nitrogens is 2. The van der Waals surface area contributed by atoms with Gasteiger partial charge in [0.1, 0.15) is 18.2 Å². The molecule has 0 spiro atoms. The Labute approximate surface area is 168 Å². The number of aryl methyl sites for hydroxylation is 3. The molecule has 1 N–H and O–H groups in total. The number of hydrogen-bond acceptors (Lipinski definition) is 3. The first-order valence-corrected chi connectivity index (χ1v) is 9.82. The lowest BCUT2D eigenvalue weighted by atomic mass is 10.1. The van der Waals surface area contributed by atoms with Crippen molar-refractivity contribution in [2.75, 3.05) is 5.32 Å². The van der Waals surface area contributed by atoms with Crippen LogP contribution < -0.4 is 10.9 Å². The molecule has 0 fully saturated rings. The SMILES string of the molecule is CCc1cc(=O)n(CC(=O)Nc2ccc3c(c2)CCC3)c(-c2cccc(F)c2)n1. The first-order chi connectivity index (χ1) is 14.0. The summed E-state index contributed by atoms with van der Waals surface area (Å²) in [4.78, 5) is 29.8. The van der Waals surface area contributed by atoms with Gasteiger partial charge in [0.25, 0.3) is 5.56 Å². The number of halogens is 1. The highest BCUT2D eigenvalue weighted by atomic mass is 19.1. The van der Waals surface area contributed by atoms with Crippen LogP contribution in [0.3, 0.4) is 0 Å². The Balaban J connectivity index is 1.64. The van der Waals surface area contributed by atoms with E-state index in [-0.39, 0.29) is 23.8 Å². The van der Waals surface area contributed by atoms with E-state index >= 15 is 0 Å². The van der Waals surface area contributed by atoms with Gasteiger partial charge in [-0.15, -0.1) is 0 Å². The van der Waals surface area contributed by atoms with Crippen molar-refractivity contribution in [3.63, 3.8) is 0 Å². The average molecular weight is 391 g/mol.